The predicted molar refractivity (Wildman–Crippen MR) is 69.1 cm³/mol. The van der Waals surface area contributed by atoms with E-state index < -0.39 is 6.10 Å². The molecule has 1 aromatic carbocycles. The highest BCUT2D eigenvalue weighted by Crippen LogP contribution is 2.35. The Labute approximate surface area is 108 Å². The molecule has 5 nitrogen and oxygen atoms in total. The van der Waals surface area contributed by atoms with Gasteiger partial charge in [0.1, 0.15) is 11.5 Å². The zero-order valence-electron chi connectivity index (χ0n) is 11.3. The fourth-order valence-corrected chi connectivity index (χ4v) is 1.91. The second-order valence-corrected chi connectivity index (χ2v) is 3.88. The second kappa shape index (κ2) is 7.20. The molecule has 0 heterocycles. The number of hydrogen-bond donors (Lipinski definition) is 2. The second-order valence-electron chi connectivity index (χ2n) is 3.88. The largest absolute Gasteiger partial charge is 0.496 e. The van der Waals surface area contributed by atoms with E-state index in [2.05, 4.69) is 5.32 Å². The molecule has 0 amide bonds. The lowest BCUT2D eigenvalue weighted by atomic mass is 10.0. The van der Waals surface area contributed by atoms with E-state index in [1.807, 2.05) is 6.07 Å². The van der Waals surface area contributed by atoms with Crippen molar-refractivity contribution in [1.29, 1.82) is 0 Å². The summed E-state index contributed by atoms with van der Waals surface area (Å²) in [6, 6.07) is 3.62. The minimum absolute atomic E-state index is 0.368. The minimum atomic E-state index is -0.633. The molecule has 0 bridgehead atoms. The first-order valence-electron chi connectivity index (χ1n) is 5.74. The van der Waals surface area contributed by atoms with Crippen molar-refractivity contribution in [3.8, 4) is 11.5 Å². The lowest BCUT2D eigenvalue weighted by Gasteiger charge is -2.19. The Morgan fingerprint density at radius 1 is 1.22 bits per heavy atom. The Morgan fingerprint density at radius 3 is 2.44 bits per heavy atom. The maximum Gasteiger partial charge on any atom is 0.133 e. The summed E-state index contributed by atoms with van der Waals surface area (Å²) >= 11 is 0. The lowest BCUT2D eigenvalue weighted by molar-refractivity contribution is 0.165. The van der Waals surface area contributed by atoms with E-state index in [0.717, 1.165) is 11.1 Å². The normalized spacial score (nSPS) is 12.3. The summed E-state index contributed by atoms with van der Waals surface area (Å²) in [5.74, 6) is 1.30. The van der Waals surface area contributed by atoms with E-state index >= 15 is 0 Å². The third-order valence-corrected chi connectivity index (χ3v) is 2.72. The van der Waals surface area contributed by atoms with Crippen LogP contribution in [0.5, 0.6) is 11.5 Å². The molecule has 1 rings (SSSR count). The molecule has 1 unspecified atom stereocenters. The van der Waals surface area contributed by atoms with E-state index in [0.29, 0.717) is 24.7 Å². The summed E-state index contributed by atoms with van der Waals surface area (Å²) < 4.78 is 15.8. The predicted octanol–water partition coefficient (Wildman–Crippen LogP) is 1.10. The van der Waals surface area contributed by atoms with Crippen molar-refractivity contribution in [3.63, 3.8) is 0 Å². The average Bonchev–Trinajstić information content (AvgIpc) is 2.38. The van der Waals surface area contributed by atoms with Crippen LogP contribution in [0.1, 0.15) is 17.2 Å². The fourth-order valence-electron chi connectivity index (χ4n) is 1.91. The van der Waals surface area contributed by atoms with Crippen molar-refractivity contribution in [2.24, 2.45) is 0 Å². The first-order chi connectivity index (χ1) is 8.69. The molecule has 0 fully saturated rings. The Hall–Kier alpha value is -1.30. The number of aliphatic hydroxyl groups excluding tert-OH is 1. The van der Waals surface area contributed by atoms with Crippen LogP contribution >= 0.6 is 0 Å². The molecule has 0 aliphatic rings. The van der Waals surface area contributed by atoms with Gasteiger partial charge in [-0.05, 0) is 19.2 Å². The molecular weight excluding hydrogens is 234 g/mol. The van der Waals surface area contributed by atoms with Crippen LogP contribution in [0.4, 0.5) is 0 Å². The molecule has 0 spiro atoms. The molecule has 1 aromatic rings. The number of methoxy groups -OCH3 is 3. The molecule has 2 N–H and O–H groups in total. The van der Waals surface area contributed by atoms with Crippen LogP contribution in [0.2, 0.25) is 0 Å². The smallest absolute Gasteiger partial charge is 0.133 e. The van der Waals surface area contributed by atoms with Crippen LogP contribution < -0.4 is 14.8 Å². The van der Waals surface area contributed by atoms with Gasteiger partial charge in [0.15, 0.2) is 0 Å². The summed E-state index contributed by atoms with van der Waals surface area (Å²) in [6.07, 6.45) is -0.633. The molecule has 0 saturated heterocycles. The SMILES string of the molecule is CNCC(O)c1ccc(OC)c(COC)c1OC. The molecule has 18 heavy (non-hydrogen) atoms. The molecule has 1 atom stereocenters. The number of rotatable bonds is 7. The van der Waals surface area contributed by atoms with Gasteiger partial charge in [0.25, 0.3) is 0 Å². The average molecular weight is 255 g/mol. The third kappa shape index (κ3) is 3.13. The molecule has 0 aromatic heterocycles. The topological polar surface area (TPSA) is 60.0 Å². The monoisotopic (exact) mass is 255 g/mol. The van der Waals surface area contributed by atoms with Crippen LogP contribution in [-0.4, -0.2) is 40.0 Å². The van der Waals surface area contributed by atoms with Gasteiger partial charge in [-0.2, -0.15) is 0 Å². The first kappa shape index (κ1) is 14.8. The van der Waals surface area contributed by atoms with Gasteiger partial charge in [0.2, 0.25) is 0 Å². The zero-order chi connectivity index (χ0) is 13.5. The summed E-state index contributed by atoms with van der Waals surface area (Å²) in [6.45, 7) is 0.821. The molecule has 0 aliphatic heterocycles. The van der Waals surface area contributed by atoms with E-state index in [1.54, 1.807) is 34.4 Å². The molecule has 5 heteroatoms. The quantitative estimate of drug-likeness (QED) is 0.764. The van der Waals surface area contributed by atoms with Crippen LogP contribution in [0.25, 0.3) is 0 Å². The maximum absolute atomic E-state index is 10.1. The van der Waals surface area contributed by atoms with E-state index in [4.69, 9.17) is 14.2 Å². The first-order valence-corrected chi connectivity index (χ1v) is 5.74. The van der Waals surface area contributed by atoms with Gasteiger partial charge in [-0.25, -0.2) is 0 Å². The standard InChI is InChI=1S/C13H21NO4/c1-14-7-11(15)9-5-6-12(17-3)10(8-16-2)13(9)18-4/h5-6,11,14-15H,7-8H2,1-4H3. The van der Waals surface area contributed by atoms with Gasteiger partial charge in [0.05, 0.1) is 32.5 Å². The number of nitrogens with one attached hydrogen (secondary N) is 1. The number of hydrogen-bond acceptors (Lipinski definition) is 5. The van der Waals surface area contributed by atoms with Gasteiger partial charge in [-0.15, -0.1) is 0 Å². The number of ether oxygens (including phenoxy) is 3. The van der Waals surface area contributed by atoms with Crippen LogP contribution in [-0.2, 0) is 11.3 Å². The Bertz CT molecular complexity index is 381. The van der Waals surface area contributed by atoms with E-state index in [-0.39, 0.29) is 0 Å². The van der Waals surface area contributed by atoms with Crippen LogP contribution in [0, 0.1) is 0 Å². The van der Waals surface area contributed by atoms with E-state index in [9.17, 15) is 5.11 Å². The highest BCUT2D eigenvalue weighted by Gasteiger charge is 2.19. The van der Waals surface area contributed by atoms with Crippen molar-refractivity contribution in [1.82, 2.24) is 5.32 Å². The van der Waals surface area contributed by atoms with E-state index in [1.165, 1.54) is 0 Å². The number of benzene rings is 1. The zero-order valence-corrected chi connectivity index (χ0v) is 11.3. The van der Waals surface area contributed by atoms with Crippen molar-refractivity contribution < 1.29 is 19.3 Å². The Morgan fingerprint density at radius 2 is 1.94 bits per heavy atom. The van der Waals surface area contributed by atoms with Gasteiger partial charge < -0.3 is 24.6 Å². The summed E-state index contributed by atoms with van der Waals surface area (Å²) in [5, 5.41) is 13.0. The fraction of sp³-hybridized carbons (Fsp3) is 0.538. The highest BCUT2D eigenvalue weighted by atomic mass is 16.5. The van der Waals surface area contributed by atoms with Crippen molar-refractivity contribution in [2.45, 2.75) is 12.7 Å². The molecule has 0 saturated carbocycles. The minimum Gasteiger partial charge on any atom is -0.496 e. The molecule has 0 radical (unpaired) electrons. The number of likely N-dealkylation sites (N-methyl/N-ethyl adjacent to an activating group) is 1. The molecular formula is C13H21NO4. The van der Waals surface area contributed by atoms with Gasteiger partial charge >= 0.3 is 0 Å². The van der Waals surface area contributed by atoms with Crippen molar-refractivity contribution >= 4 is 0 Å². The van der Waals surface area contributed by atoms with Gasteiger partial charge in [0, 0.05) is 19.2 Å². The third-order valence-electron chi connectivity index (χ3n) is 2.72. The summed E-state index contributed by atoms with van der Waals surface area (Å²) in [5.41, 5.74) is 1.52. The molecule has 102 valence electrons. The lowest BCUT2D eigenvalue weighted by Crippen LogP contribution is -2.18. The Balaban J connectivity index is 3.23. The van der Waals surface area contributed by atoms with Crippen LogP contribution in [0.15, 0.2) is 12.1 Å². The van der Waals surface area contributed by atoms with Gasteiger partial charge in [-0.1, -0.05) is 0 Å². The summed E-state index contributed by atoms with van der Waals surface area (Å²) in [4.78, 5) is 0. The van der Waals surface area contributed by atoms with Crippen molar-refractivity contribution in [2.75, 3.05) is 34.9 Å². The Kier molecular flexibility index (Phi) is 5.91. The number of aliphatic hydroxyl groups is 1. The molecule has 0 aliphatic carbocycles. The maximum atomic E-state index is 10.1. The summed E-state index contributed by atoms with van der Waals surface area (Å²) in [7, 11) is 6.56. The van der Waals surface area contributed by atoms with Gasteiger partial charge in [-0.3, -0.25) is 0 Å². The van der Waals surface area contributed by atoms with Crippen LogP contribution in [0.3, 0.4) is 0 Å². The highest BCUT2D eigenvalue weighted by molar-refractivity contribution is 5.50. The van der Waals surface area contributed by atoms with Crippen molar-refractivity contribution in [3.05, 3.63) is 23.3 Å².